The van der Waals surface area contributed by atoms with Crippen molar-refractivity contribution in [2.24, 2.45) is 5.73 Å². The summed E-state index contributed by atoms with van der Waals surface area (Å²) >= 11 is 5.99. The first-order valence-corrected chi connectivity index (χ1v) is 5.85. The quantitative estimate of drug-likeness (QED) is 0.828. The first-order valence-electron chi connectivity index (χ1n) is 4.27. The Bertz CT molecular complexity index is 437. The van der Waals surface area contributed by atoms with Gasteiger partial charge in [0.1, 0.15) is 6.04 Å². The minimum Gasteiger partial charge on any atom is -0.504 e. The molecule has 8 heteroatoms. The topological polar surface area (TPSA) is 55.5 Å². The van der Waals surface area contributed by atoms with Crippen LogP contribution in [-0.2, 0) is 0 Å². The third-order valence-corrected chi connectivity index (χ3v) is 4.09. The van der Waals surface area contributed by atoms with Gasteiger partial charge in [-0.1, -0.05) is 0 Å². The molecule has 1 atom stereocenters. The number of nitrogens with two attached hydrogens (primary N) is 1. The number of rotatable bonds is 2. The molecule has 0 heterocycles. The van der Waals surface area contributed by atoms with Gasteiger partial charge < -0.3 is 15.6 Å². The van der Waals surface area contributed by atoms with Crippen LogP contribution in [0.2, 0.25) is 0 Å². The van der Waals surface area contributed by atoms with Crippen molar-refractivity contribution in [3.05, 3.63) is 20.6 Å². The molecule has 0 saturated heterocycles. The van der Waals surface area contributed by atoms with Crippen LogP contribution in [0.4, 0.5) is 13.2 Å². The summed E-state index contributed by atoms with van der Waals surface area (Å²) in [6.07, 6.45) is -4.66. The number of alkyl halides is 3. The van der Waals surface area contributed by atoms with Gasteiger partial charge in [-0.25, -0.2) is 0 Å². The van der Waals surface area contributed by atoms with Gasteiger partial charge in [0.2, 0.25) is 0 Å². The highest BCUT2D eigenvalue weighted by atomic mass is 79.9. The molecule has 17 heavy (non-hydrogen) atoms. The van der Waals surface area contributed by atoms with Gasteiger partial charge in [0.25, 0.3) is 0 Å². The highest BCUT2D eigenvalue weighted by Gasteiger charge is 2.41. The molecule has 0 radical (unpaired) electrons. The lowest BCUT2D eigenvalue weighted by molar-refractivity contribution is -0.149. The summed E-state index contributed by atoms with van der Waals surface area (Å²) in [4.78, 5) is 0. The van der Waals surface area contributed by atoms with Crippen LogP contribution < -0.4 is 10.5 Å². The summed E-state index contributed by atoms with van der Waals surface area (Å²) in [5.41, 5.74) is 4.61. The fourth-order valence-corrected chi connectivity index (χ4v) is 2.19. The molecule has 96 valence electrons. The summed E-state index contributed by atoms with van der Waals surface area (Å²) in [6.45, 7) is 0. The van der Waals surface area contributed by atoms with E-state index in [4.69, 9.17) is 10.5 Å². The number of ether oxygens (including phenoxy) is 1. The van der Waals surface area contributed by atoms with E-state index in [-0.39, 0.29) is 10.2 Å². The molecule has 3 nitrogen and oxygen atoms in total. The molecular weight excluding hydrogens is 371 g/mol. The zero-order valence-electron chi connectivity index (χ0n) is 8.48. The summed E-state index contributed by atoms with van der Waals surface area (Å²) < 4.78 is 42.8. The van der Waals surface area contributed by atoms with Gasteiger partial charge in [0.05, 0.1) is 7.11 Å². The molecule has 0 spiro atoms. The molecule has 0 unspecified atom stereocenters. The van der Waals surface area contributed by atoms with Gasteiger partial charge >= 0.3 is 6.18 Å². The number of benzene rings is 1. The maximum absolute atomic E-state index is 12.5. The summed E-state index contributed by atoms with van der Waals surface area (Å²) in [6, 6.07) is -0.963. The van der Waals surface area contributed by atoms with E-state index in [0.29, 0.717) is 4.47 Å². The van der Waals surface area contributed by atoms with Crippen molar-refractivity contribution in [3.8, 4) is 11.5 Å². The lowest BCUT2D eigenvalue weighted by Gasteiger charge is -2.20. The third-order valence-electron chi connectivity index (χ3n) is 2.08. The number of hydrogen-bond acceptors (Lipinski definition) is 3. The minimum absolute atomic E-state index is 0.0422. The first-order chi connectivity index (χ1) is 7.70. The number of hydrogen-bond donors (Lipinski definition) is 2. The van der Waals surface area contributed by atoms with E-state index in [1.54, 1.807) is 0 Å². The van der Waals surface area contributed by atoms with Crippen molar-refractivity contribution in [3.63, 3.8) is 0 Å². The number of halogens is 5. The van der Waals surface area contributed by atoms with Gasteiger partial charge in [0.15, 0.2) is 11.5 Å². The molecular formula is C9H8Br2F3NO2. The van der Waals surface area contributed by atoms with E-state index < -0.39 is 23.5 Å². The van der Waals surface area contributed by atoms with Crippen molar-refractivity contribution in [2.75, 3.05) is 7.11 Å². The molecule has 0 amide bonds. The Morgan fingerprint density at radius 2 is 1.94 bits per heavy atom. The molecule has 0 saturated carbocycles. The van der Waals surface area contributed by atoms with E-state index in [2.05, 4.69) is 31.9 Å². The Balaban J connectivity index is 3.46. The van der Waals surface area contributed by atoms with E-state index in [1.165, 1.54) is 13.2 Å². The van der Waals surface area contributed by atoms with Crippen molar-refractivity contribution >= 4 is 31.9 Å². The number of methoxy groups -OCH3 is 1. The van der Waals surface area contributed by atoms with Gasteiger partial charge in [0, 0.05) is 14.5 Å². The molecule has 0 fully saturated rings. The average molecular weight is 379 g/mol. The fourth-order valence-electron chi connectivity index (χ4n) is 1.22. The Morgan fingerprint density at radius 3 is 2.35 bits per heavy atom. The van der Waals surface area contributed by atoms with Crippen LogP contribution in [0.25, 0.3) is 0 Å². The van der Waals surface area contributed by atoms with Crippen molar-refractivity contribution in [2.45, 2.75) is 12.2 Å². The molecule has 0 aliphatic rings. The highest BCUT2D eigenvalue weighted by Crippen LogP contribution is 2.46. The SMILES string of the molecule is COc1cc(Br)c(Br)c([C@H](N)C(F)(F)F)c1O. The first kappa shape index (κ1) is 14.6. The molecule has 1 rings (SSSR count). The Hall–Kier alpha value is -0.470. The van der Waals surface area contributed by atoms with Gasteiger partial charge in [-0.05, 0) is 37.9 Å². The van der Waals surface area contributed by atoms with Crippen LogP contribution in [0.1, 0.15) is 11.6 Å². The molecule has 0 aliphatic carbocycles. The monoisotopic (exact) mass is 377 g/mol. The van der Waals surface area contributed by atoms with Gasteiger partial charge in [-0.3, -0.25) is 0 Å². The van der Waals surface area contributed by atoms with Gasteiger partial charge in [-0.15, -0.1) is 0 Å². The minimum atomic E-state index is -4.66. The Labute approximate surface area is 112 Å². The largest absolute Gasteiger partial charge is 0.504 e. The lowest BCUT2D eigenvalue weighted by Crippen LogP contribution is -2.29. The maximum atomic E-state index is 12.5. The van der Waals surface area contributed by atoms with E-state index in [1.807, 2.05) is 0 Å². The average Bonchev–Trinajstić information content (AvgIpc) is 2.22. The summed E-state index contributed by atoms with van der Waals surface area (Å²) in [7, 11) is 1.23. The van der Waals surface area contributed by atoms with E-state index in [0.717, 1.165) is 0 Å². The molecule has 3 N–H and O–H groups in total. The normalized spacial score (nSPS) is 13.6. The van der Waals surface area contributed by atoms with Crippen LogP contribution in [0.15, 0.2) is 15.0 Å². The molecule has 0 bridgehead atoms. The number of phenols is 1. The standard InChI is InChI=1S/C9H8Br2F3NO2/c1-17-4-2-3(10)6(11)5(7(4)16)8(15)9(12,13)14/h2,8,16H,15H2,1H3/t8-/m0/s1. The van der Waals surface area contributed by atoms with Crippen molar-refractivity contribution in [1.29, 1.82) is 0 Å². The molecule has 1 aromatic rings. The van der Waals surface area contributed by atoms with Crippen molar-refractivity contribution in [1.82, 2.24) is 0 Å². The number of phenolic OH excluding ortho intramolecular Hbond substituents is 1. The molecule has 0 aromatic heterocycles. The smallest absolute Gasteiger partial charge is 0.407 e. The zero-order chi connectivity index (χ0) is 13.4. The number of aromatic hydroxyl groups is 1. The zero-order valence-corrected chi connectivity index (χ0v) is 11.6. The van der Waals surface area contributed by atoms with E-state index >= 15 is 0 Å². The highest BCUT2D eigenvalue weighted by molar-refractivity contribution is 9.13. The van der Waals surface area contributed by atoms with Crippen LogP contribution in [0, 0.1) is 0 Å². The predicted molar refractivity (Wildman–Crippen MR) is 63.0 cm³/mol. The second-order valence-electron chi connectivity index (χ2n) is 3.16. The fraction of sp³-hybridized carbons (Fsp3) is 0.333. The second kappa shape index (κ2) is 5.03. The van der Waals surface area contributed by atoms with Gasteiger partial charge in [-0.2, -0.15) is 13.2 Å². The van der Waals surface area contributed by atoms with Crippen LogP contribution >= 0.6 is 31.9 Å². The summed E-state index contributed by atoms with van der Waals surface area (Å²) in [5.74, 6) is -0.720. The second-order valence-corrected chi connectivity index (χ2v) is 4.80. The third kappa shape index (κ3) is 2.86. The Morgan fingerprint density at radius 1 is 1.41 bits per heavy atom. The van der Waals surface area contributed by atoms with E-state index in [9.17, 15) is 18.3 Å². The lowest BCUT2D eigenvalue weighted by atomic mass is 10.1. The van der Waals surface area contributed by atoms with Crippen LogP contribution in [-0.4, -0.2) is 18.4 Å². The predicted octanol–water partition coefficient (Wildman–Crippen LogP) is 3.49. The summed E-state index contributed by atoms with van der Waals surface area (Å²) in [5, 5.41) is 9.67. The van der Waals surface area contributed by atoms with Crippen LogP contribution in [0.5, 0.6) is 11.5 Å². The molecule has 0 aliphatic heterocycles. The van der Waals surface area contributed by atoms with Crippen molar-refractivity contribution < 1.29 is 23.0 Å². The maximum Gasteiger partial charge on any atom is 0.407 e. The van der Waals surface area contributed by atoms with Crippen LogP contribution in [0.3, 0.4) is 0 Å². The Kier molecular flexibility index (Phi) is 4.32. The molecule has 1 aromatic carbocycles.